The van der Waals surface area contributed by atoms with Crippen molar-refractivity contribution in [1.29, 1.82) is 0 Å². The zero-order valence-electron chi connectivity index (χ0n) is 13.7. The number of thioether (sulfide) groups is 2. The Balaban J connectivity index is -0.000000380. The van der Waals surface area contributed by atoms with Crippen LogP contribution >= 0.6 is 47.5 Å². The lowest BCUT2D eigenvalue weighted by molar-refractivity contribution is 0.0388. The van der Waals surface area contributed by atoms with Gasteiger partial charge < -0.3 is 10.1 Å². The Labute approximate surface area is 173 Å². The van der Waals surface area contributed by atoms with Crippen LogP contribution in [0.2, 0.25) is 0 Å². The van der Waals surface area contributed by atoms with E-state index in [2.05, 4.69) is 15.3 Å². The van der Waals surface area contributed by atoms with Crippen LogP contribution in [0.15, 0.2) is 9.98 Å². The molecular weight excluding hydrogens is 459 g/mol. The molecule has 2 rings (SSSR count). The molecule has 0 atom stereocenters. The van der Waals surface area contributed by atoms with E-state index in [1.54, 1.807) is 16.7 Å². The highest BCUT2D eigenvalue weighted by Gasteiger charge is 2.27. The van der Waals surface area contributed by atoms with E-state index in [9.17, 15) is 4.79 Å². The number of amides is 1. The molecule has 2 aliphatic heterocycles. The van der Waals surface area contributed by atoms with Crippen LogP contribution in [0, 0.1) is 0 Å². The van der Waals surface area contributed by atoms with E-state index in [1.807, 2.05) is 33.3 Å². The van der Waals surface area contributed by atoms with Gasteiger partial charge in [-0.3, -0.25) is 14.9 Å². The predicted octanol–water partition coefficient (Wildman–Crippen LogP) is 4.15. The van der Waals surface area contributed by atoms with Crippen LogP contribution in [0.25, 0.3) is 0 Å². The molecule has 2 heterocycles. The lowest BCUT2D eigenvalue weighted by Gasteiger charge is -2.24. The van der Waals surface area contributed by atoms with Crippen LogP contribution in [0.4, 0.5) is 4.79 Å². The highest BCUT2D eigenvalue weighted by molar-refractivity contribution is 14.0. The number of nitrogens with one attached hydrogen (secondary N) is 1. The van der Waals surface area contributed by atoms with E-state index in [0.717, 1.165) is 23.4 Å². The first-order valence-corrected chi connectivity index (χ1v) is 9.23. The third-order valence-electron chi connectivity index (χ3n) is 2.43. The van der Waals surface area contributed by atoms with Gasteiger partial charge in [0.25, 0.3) is 0 Å². The Morgan fingerprint density at radius 1 is 1.17 bits per heavy atom. The van der Waals surface area contributed by atoms with Crippen LogP contribution in [-0.2, 0) is 4.74 Å². The number of nitrogens with zero attached hydrogens (tertiary/aromatic N) is 3. The third kappa shape index (κ3) is 10.7. The van der Waals surface area contributed by atoms with Gasteiger partial charge >= 0.3 is 6.09 Å². The molecule has 6 nitrogen and oxygen atoms in total. The van der Waals surface area contributed by atoms with Crippen LogP contribution in [0.3, 0.4) is 0 Å². The molecule has 144 valence electrons. The van der Waals surface area contributed by atoms with Crippen LogP contribution < -0.4 is 5.32 Å². The minimum Gasteiger partial charge on any atom is -0.443 e. The molecule has 0 saturated carbocycles. The normalized spacial score (nSPS) is 15.3. The lowest BCUT2D eigenvalue weighted by atomic mass is 10.2. The Morgan fingerprint density at radius 2 is 1.79 bits per heavy atom. The van der Waals surface area contributed by atoms with E-state index >= 15 is 0 Å². The van der Waals surface area contributed by atoms with E-state index in [-0.39, 0.29) is 44.9 Å². The average Bonchev–Trinajstić information content (AvgIpc) is 3.08. The SMILES string of the molecule is C.C.CSC1=NCCN1.CSC1=NCCN1C(=O)OC(C)(C)C.I. The summed E-state index contributed by atoms with van der Waals surface area (Å²) >= 11 is 3.14. The smallest absolute Gasteiger partial charge is 0.416 e. The van der Waals surface area contributed by atoms with Crippen LogP contribution in [0.5, 0.6) is 0 Å². The zero-order valence-corrected chi connectivity index (χ0v) is 17.7. The second-order valence-corrected chi connectivity index (χ2v) is 6.89. The van der Waals surface area contributed by atoms with Gasteiger partial charge in [0, 0.05) is 6.54 Å². The second-order valence-electron chi connectivity index (χ2n) is 5.32. The maximum Gasteiger partial charge on any atom is 0.416 e. The van der Waals surface area contributed by atoms with Crippen molar-refractivity contribution in [3.8, 4) is 0 Å². The van der Waals surface area contributed by atoms with E-state index < -0.39 is 5.60 Å². The molecule has 0 aromatic rings. The number of amidine groups is 2. The van der Waals surface area contributed by atoms with Gasteiger partial charge in [0.05, 0.1) is 19.6 Å². The topological polar surface area (TPSA) is 66.3 Å². The van der Waals surface area contributed by atoms with Gasteiger partial charge in [0.2, 0.25) is 0 Å². The molecule has 9 heteroatoms. The molecule has 0 aromatic carbocycles. The molecule has 0 aromatic heterocycles. The van der Waals surface area contributed by atoms with Crippen molar-refractivity contribution in [2.45, 2.75) is 41.2 Å². The summed E-state index contributed by atoms with van der Waals surface area (Å²) in [4.78, 5) is 21.5. The van der Waals surface area contributed by atoms with Crippen molar-refractivity contribution in [2.24, 2.45) is 9.98 Å². The quantitative estimate of drug-likeness (QED) is 0.515. The number of rotatable bonds is 0. The van der Waals surface area contributed by atoms with Crippen molar-refractivity contribution >= 4 is 63.9 Å². The summed E-state index contributed by atoms with van der Waals surface area (Å²) in [5.74, 6) is 0. The first-order chi connectivity index (χ1) is 9.87. The van der Waals surface area contributed by atoms with Crippen molar-refractivity contribution in [3.05, 3.63) is 0 Å². The second kappa shape index (κ2) is 14.1. The molecule has 1 amide bonds. The van der Waals surface area contributed by atoms with E-state index in [1.165, 1.54) is 11.8 Å². The average molecular weight is 492 g/mol. The summed E-state index contributed by atoms with van der Waals surface area (Å²) in [6.45, 7) is 8.86. The van der Waals surface area contributed by atoms with Gasteiger partial charge in [-0.25, -0.2) is 4.79 Å². The Hall–Kier alpha value is -0.160. The summed E-state index contributed by atoms with van der Waals surface area (Å²) in [6.07, 6.45) is 3.63. The molecule has 0 saturated heterocycles. The van der Waals surface area contributed by atoms with E-state index in [0.29, 0.717) is 13.1 Å². The minimum absolute atomic E-state index is 0. The molecule has 0 unspecified atom stereocenters. The van der Waals surface area contributed by atoms with Crippen LogP contribution in [-0.4, -0.2) is 65.6 Å². The highest BCUT2D eigenvalue weighted by Crippen LogP contribution is 2.16. The third-order valence-corrected chi connectivity index (χ3v) is 3.81. The monoisotopic (exact) mass is 492 g/mol. The highest BCUT2D eigenvalue weighted by atomic mass is 127. The molecule has 0 aliphatic carbocycles. The largest absolute Gasteiger partial charge is 0.443 e. The number of hydrogen-bond acceptors (Lipinski definition) is 7. The molecule has 2 aliphatic rings. The van der Waals surface area contributed by atoms with Gasteiger partial charge in [-0.1, -0.05) is 38.4 Å². The van der Waals surface area contributed by atoms with Crippen molar-refractivity contribution in [3.63, 3.8) is 0 Å². The number of ether oxygens (including phenoxy) is 1. The number of carbonyl (C=O) groups is 1. The minimum atomic E-state index is -0.441. The molecule has 0 bridgehead atoms. The lowest BCUT2D eigenvalue weighted by Crippen LogP contribution is -2.37. The standard InChI is InChI=1S/C9H16N2O2S.C4H8N2S.2CH4.HI/c1-9(2,3)13-8(12)11-6-5-10-7(11)14-4;1-7-4-5-2-3-6-4;;;/h5-6H2,1-4H3;2-3H2,1H3,(H,5,6);2*1H4;1H. The molecule has 0 radical (unpaired) electrons. The van der Waals surface area contributed by atoms with Gasteiger partial charge in [-0.15, -0.1) is 24.0 Å². The first kappa shape index (κ1) is 28.6. The fourth-order valence-electron chi connectivity index (χ4n) is 1.60. The molecule has 0 spiro atoms. The molecule has 24 heavy (non-hydrogen) atoms. The summed E-state index contributed by atoms with van der Waals surface area (Å²) in [5.41, 5.74) is -0.441. The summed E-state index contributed by atoms with van der Waals surface area (Å²) in [6, 6.07) is 0. The van der Waals surface area contributed by atoms with Gasteiger partial charge in [-0.2, -0.15) is 0 Å². The van der Waals surface area contributed by atoms with Crippen molar-refractivity contribution in [2.75, 3.05) is 38.7 Å². The Morgan fingerprint density at radius 3 is 2.17 bits per heavy atom. The summed E-state index contributed by atoms with van der Waals surface area (Å²) in [5, 5.41) is 4.95. The predicted molar refractivity (Wildman–Crippen MR) is 121 cm³/mol. The zero-order chi connectivity index (χ0) is 15.9. The molecule has 0 fully saturated rings. The maximum absolute atomic E-state index is 11.6. The number of halogens is 1. The fourth-order valence-corrected chi connectivity index (χ4v) is 2.67. The van der Waals surface area contributed by atoms with Gasteiger partial charge in [0.1, 0.15) is 5.60 Å². The number of hydrogen-bond donors (Lipinski definition) is 1. The van der Waals surface area contributed by atoms with E-state index in [4.69, 9.17) is 4.74 Å². The van der Waals surface area contributed by atoms with Crippen molar-refractivity contribution < 1.29 is 9.53 Å². The van der Waals surface area contributed by atoms with Crippen molar-refractivity contribution in [1.82, 2.24) is 10.2 Å². The molecule has 1 N–H and O–H groups in total. The number of aliphatic imine (C=N–C) groups is 2. The summed E-state index contributed by atoms with van der Waals surface area (Å²) < 4.78 is 5.25. The summed E-state index contributed by atoms with van der Waals surface area (Å²) in [7, 11) is 0. The molecular formula is C15H33IN4O2S2. The maximum atomic E-state index is 11.6. The Kier molecular flexibility index (Phi) is 16.8. The fraction of sp³-hybridized carbons (Fsp3) is 0.800. The van der Waals surface area contributed by atoms with Crippen LogP contribution in [0.1, 0.15) is 35.6 Å². The first-order valence-electron chi connectivity index (χ1n) is 6.78. The Bertz CT molecular complexity index is 426. The number of carbonyl (C=O) groups excluding carboxylic acids is 1. The van der Waals surface area contributed by atoms with Gasteiger partial charge in [0.15, 0.2) is 10.3 Å². The van der Waals surface area contributed by atoms with Gasteiger partial charge in [-0.05, 0) is 33.3 Å².